The number of methoxy groups -OCH3 is 1. The lowest BCUT2D eigenvalue weighted by Crippen LogP contribution is -2.38. The van der Waals surface area contributed by atoms with E-state index in [-0.39, 0.29) is 17.8 Å². The molecule has 2 aromatic carbocycles. The molecule has 0 saturated carbocycles. The normalized spacial score (nSPS) is 14.7. The number of anilines is 3. The molecule has 0 fully saturated rings. The molecule has 7 heteroatoms. The fourth-order valence-electron chi connectivity index (χ4n) is 3.48. The number of nitrogens with one attached hydrogen (secondary N) is 3. The lowest BCUT2D eigenvalue weighted by Gasteiger charge is -2.13. The maximum atomic E-state index is 12.3. The van der Waals surface area contributed by atoms with Crippen molar-refractivity contribution in [2.45, 2.75) is 18.9 Å². The number of hydrogen-bond acceptors (Lipinski definition) is 5. The predicted octanol–water partition coefficient (Wildman–Crippen LogP) is 3.83. The number of phenolic OH excluding ortho intramolecular Hbond substituents is 1. The summed E-state index contributed by atoms with van der Waals surface area (Å²) in [6.07, 6.45) is 2.97. The van der Waals surface area contributed by atoms with Crippen molar-refractivity contribution in [3.8, 4) is 11.5 Å². The number of carbonyl (C=O) groups excluding carboxylic acids is 1. The molecule has 1 aliphatic carbocycles. The van der Waals surface area contributed by atoms with Gasteiger partial charge in [0.1, 0.15) is 17.3 Å². The van der Waals surface area contributed by atoms with Gasteiger partial charge in [-0.1, -0.05) is 18.2 Å². The van der Waals surface area contributed by atoms with Crippen LogP contribution in [-0.4, -0.2) is 29.3 Å². The van der Waals surface area contributed by atoms with Gasteiger partial charge in [0, 0.05) is 17.8 Å². The zero-order chi connectivity index (χ0) is 20.2. The third-order valence-electron chi connectivity index (χ3n) is 4.86. The molecule has 1 aromatic heterocycles. The molecule has 0 radical (unpaired) electrons. The minimum absolute atomic E-state index is 0.0488. The third-order valence-corrected chi connectivity index (χ3v) is 4.86. The average molecular weight is 390 g/mol. The largest absolute Gasteiger partial charge is 0.508 e. The van der Waals surface area contributed by atoms with Crippen LogP contribution >= 0.6 is 0 Å². The summed E-state index contributed by atoms with van der Waals surface area (Å²) in [5, 5.41) is 18.9. The van der Waals surface area contributed by atoms with Crippen molar-refractivity contribution in [2.24, 2.45) is 0 Å². The molecular formula is C22H22N4O3. The summed E-state index contributed by atoms with van der Waals surface area (Å²) < 4.78 is 5.21. The number of phenols is 1. The number of rotatable bonds is 5. The van der Waals surface area contributed by atoms with E-state index in [4.69, 9.17) is 4.74 Å². The fraction of sp³-hybridized carbons (Fsp3) is 0.182. The monoisotopic (exact) mass is 390 g/mol. The number of benzene rings is 2. The topological polar surface area (TPSA) is 95.5 Å². The maximum Gasteiger partial charge on any atom is 0.320 e. The van der Waals surface area contributed by atoms with E-state index in [0.717, 1.165) is 28.3 Å². The first-order valence-electron chi connectivity index (χ1n) is 9.35. The van der Waals surface area contributed by atoms with Crippen LogP contribution in [0.3, 0.4) is 0 Å². The van der Waals surface area contributed by atoms with Crippen LogP contribution in [-0.2, 0) is 12.8 Å². The van der Waals surface area contributed by atoms with Crippen LogP contribution in [0, 0.1) is 0 Å². The highest BCUT2D eigenvalue weighted by molar-refractivity contribution is 5.88. The Balaban J connectivity index is 1.32. The molecule has 148 valence electrons. The Morgan fingerprint density at radius 1 is 1.10 bits per heavy atom. The summed E-state index contributed by atoms with van der Waals surface area (Å²) >= 11 is 0. The number of pyridine rings is 1. The van der Waals surface area contributed by atoms with Gasteiger partial charge in [-0.05, 0) is 54.3 Å². The summed E-state index contributed by atoms with van der Waals surface area (Å²) in [6.45, 7) is 0. The van der Waals surface area contributed by atoms with Gasteiger partial charge in [0.2, 0.25) is 0 Å². The molecule has 1 unspecified atom stereocenters. The van der Waals surface area contributed by atoms with E-state index in [9.17, 15) is 9.90 Å². The fourth-order valence-corrected chi connectivity index (χ4v) is 3.48. The van der Waals surface area contributed by atoms with Crippen molar-refractivity contribution in [2.75, 3.05) is 17.7 Å². The van der Waals surface area contributed by atoms with Gasteiger partial charge in [-0.15, -0.1) is 0 Å². The highest BCUT2D eigenvalue weighted by Crippen LogP contribution is 2.29. The Hall–Kier alpha value is -3.74. The Kier molecular flexibility index (Phi) is 5.20. The summed E-state index contributed by atoms with van der Waals surface area (Å²) in [5.74, 6) is 1.50. The summed E-state index contributed by atoms with van der Waals surface area (Å²) in [5.41, 5.74) is 3.66. The van der Waals surface area contributed by atoms with Crippen LogP contribution in [0.2, 0.25) is 0 Å². The number of aromatic nitrogens is 1. The minimum atomic E-state index is -0.316. The first kappa shape index (κ1) is 18.6. The van der Waals surface area contributed by atoms with Crippen molar-refractivity contribution in [1.82, 2.24) is 10.3 Å². The zero-order valence-electron chi connectivity index (χ0n) is 16.0. The summed E-state index contributed by atoms with van der Waals surface area (Å²) in [6, 6.07) is 16.3. The Morgan fingerprint density at radius 2 is 1.97 bits per heavy atom. The maximum absolute atomic E-state index is 12.3. The lowest BCUT2D eigenvalue weighted by atomic mass is 10.1. The third kappa shape index (κ3) is 4.40. The molecule has 7 nitrogen and oxygen atoms in total. The molecule has 0 saturated heterocycles. The lowest BCUT2D eigenvalue weighted by molar-refractivity contribution is 0.248. The number of carbonyl (C=O) groups is 1. The van der Waals surface area contributed by atoms with Crippen LogP contribution in [0.1, 0.15) is 11.1 Å². The van der Waals surface area contributed by atoms with Crippen molar-refractivity contribution >= 4 is 23.2 Å². The molecule has 3 aromatic rings. The second-order valence-corrected chi connectivity index (χ2v) is 6.91. The average Bonchev–Trinajstić information content (AvgIpc) is 3.13. The number of hydrogen-bond donors (Lipinski definition) is 4. The molecule has 1 heterocycles. The van der Waals surface area contributed by atoms with Gasteiger partial charge in [0.15, 0.2) is 0 Å². The van der Waals surface area contributed by atoms with E-state index in [2.05, 4.69) is 20.9 Å². The summed E-state index contributed by atoms with van der Waals surface area (Å²) in [7, 11) is 1.62. The van der Waals surface area contributed by atoms with Gasteiger partial charge < -0.3 is 20.5 Å². The number of aromatic hydroxyl groups is 1. The van der Waals surface area contributed by atoms with Gasteiger partial charge in [-0.3, -0.25) is 5.32 Å². The number of urea groups is 1. The zero-order valence-corrected chi connectivity index (χ0v) is 16.0. The van der Waals surface area contributed by atoms with E-state index in [1.807, 2.05) is 42.5 Å². The molecule has 1 atom stereocenters. The van der Waals surface area contributed by atoms with Crippen LogP contribution in [0.4, 0.5) is 22.0 Å². The molecule has 29 heavy (non-hydrogen) atoms. The van der Waals surface area contributed by atoms with E-state index in [1.54, 1.807) is 25.4 Å². The van der Waals surface area contributed by atoms with Crippen molar-refractivity contribution < 1.29 is 14.6 Å². The first-order chi connectivity index (χ1) is 14.1. The number of ether oxygens (including phenoxy) is 1. The van der Waals surface area contributed by atoms with E-state index < -0.39 is 0 Å². The molecule has 0 spiro atoms. The van der Waals surface area contributed by atoms with E-state index in [0.29, 0.717) is 18.7 Å². The quantitative estimate of drug-likeness (QED) is 0.531. The summed E-state index contributed by atoms with van der Waals surface area (Å²) in [4.78, 5) is 16.6. The van der Waals surface area contributed by atoms with Gasteiger partial charge in [-0.2, -0.15) is 0 Å². The van der Waals surface area contributed by atoms with E-state index in [1.165, 1.54) is 0 Å². The van der Waals surface area contributed by atoms with E-state index >= 15 is 0 Å². The van der Waals surface area contributed by atoms with Gasteiger partial charge in [0.25, 0.3) is 0 Å². The SMILES string of the molecule is COc1cccc(Nc2ccc(NC(=O)NC3Cc4cccc(O)c4C3)nc2)c1. The molecule has 4 N–H and O–H groups in total. The Bertz CT molecular complexity index is 1020. The van der Waals surface area contributed by atoms with Gasteiger partial charge in [0.05, 0.1) is 19.0 Å². The Labute approximate surface area is 168 Å². The second kappa shape index (κ2) is 8.10. The van der Waals surface area contributed by atoms with Crippen LogP contribution in [0.5, 0.6) is 11.5 Å². The van der Waals surface area contributed by atoms with Crippen molar-refractivity contribution in [1.29, 1.82) is 0 Å². The molecule has 0 bridgehead atoms. The van der Waals surface area contributed by atoms with Crippen LogP contribution in [0.25, 0.3) is 0 Å². The predicted molar refractivity (Wildman–Crippen MR) is 112 cm³/mol. The van der Waals surface area contributed by atoms with Gasteiger partial charge in [-0.25, -0.2) is 9.78 Å². The molecule has 2 amide bonds. The van der Waals surface area contributed by atoms with Crippen molar-refractivity contribution in [3.05, 3.63) is 71.9 Å². The molecular weight excluding hydrogens is 368 g/mol. The standard InChI is InChI=1S/C22H22N4O3/c1-29-18-6-3-5-15(11-18)24-16-8-9-21(23-13-16)26-22(28)25-17-10-14-4-2-7-20(27)19(14)12-17/h2-9,11,13,17,24,27H,10,12H2,1H3,(H2,23,25,26,28). The second-order valence-electron chi connectivity index (χ2n) is 6.91. The highest BCUT2D eigenvalue weighted by atomic mass is 16.5. The van der Waals surface area contributed by atoms with Gasteiger partial charge >= 0.3 is 6.03 Å². The number of nitrogens with zero attached hydrogens (tertiary/aromatic N) is 1. The smallest absolute Gasteiger partial charge is 0.320 e. The molecule has 0 aliphatic heterocycles. The number of amides is 2. The number of fused-ring (bicyclic) bond motifs is 1. The first-order valence-corrected chi connectivity index (χ1v) is 9.35. The van der Waals surface area contributed by atoms with Crippen molar-refractivity contribution in [3.63, 3.8) is 0 Å². The highest BCUT2D eigenvalue weighted by Gasteiger charge is 2.25. The minimum Gasteiger partial charge on any atom is -0.508 e. The van der Waals surface area contributed by atoms with Crippen LogP contribution in [0.15, 0.2) is 60.8 Å². The van der Waals surface area contributed by atoms with Crippen LogP contribution < -0.4 is 20.7 Å². The molecule has 1 aliphatic rings. The Morgan fingerprint density at radius 3 is 2.72 bits per heavy atom. The molecule has 4 rings (SSSR count).